The molecule has 0 bridgehead atoms. The highest BCUT2D eigenvalue weighted by Gasteiger charge is 2.24. The third-order valence-electron chi connectivity index (χ3n) is 3.92. The molecule has 2 nitrogen and oxygen atoms in total. The van der Waals surface area contributed by atoms with Crippen molar-refractivity contribution >= 4 is 31.4 Å². The third kappa shape index (κ3) is 4.23. The van der Waals surface area contributed by atoms with Crippen LogP contribution >= 0.6 is 20.6 Å². The molecule has 2 aromatic carbocycles. The molecule has 0 aliphatic heterocycles. The SMILES string of the molecule is CCc1cc(C)ccc1-c1csc(Nc2cccc(C(F)(F)P)c2)n1. The summed E-state index contributed by atoms with van der Waals surface area (Å²) in [7, 11) is 1.56. The lowest BCUT2D eigenvalue weighted by atomic mass is 10.0. The number of aryl methyl sites for hydroxylation is 2. The summed E-state index contributed by atoms with van der Waals surface area (Å²) < 4.78 is 26.9. The molecule has 1 atom stereocenters. The Kier molecular flexibility index (Phi) is 5.16. The Balaban J connectivity index is 1.86. The fourth-order valence-corrected chi connectivity index (χ4v) is 3.56. The van der Waals surface area contributed by atoms with Gasteiger partial charge in [0.2, 0.25) is 0 Å². The molecule has 0 radical (unpaired) electrons. The van der Waals surface area contributed by atoms with Gasteiger partial charge < -0.3 is 5.32 Å². The summed E-state index contributed by atoms with van der Waals surface area (Å²) in [6, 6.07) is 12.5. The standard InChI is InChI=1S/C19H19F2N2PS/c1-3-13-9-12(2)7-8-16(13)17-11-25-18(23-17)22-15-6-4-5-14(10-15)19(20,21)24/h4-11H,3,24H2,1-2H3,(H,22,23). The number of benzene rings is 2. The molecule has 6 heteroatoms. The fraction of sp³-hybridized carbons (Fsp3) is 0.211. The molecule has 130 valence electrons. The van der Waals surface area contributed by atoms with E-state index in [1.165, 1.54) is 34.6 Å². The molecule has 1 heterocycles. The molecule has 1 aromatic heterocycles. The number of anilines is 2. The van der Waals surface area contributed by atoms with Gasteiger partial charge in [-0.3, -0.25) is 0 Å². The summed E-state index contributed by atoms with van der Waals surface area (Å²) in [6.07, 6.45) is 0.933. The Hall–Kier alpha value is -1.84. The van der Waals surface area contributed by atoms with Gasteiger partial charge in [0.15, 0.2) is 5.13 Å². The number of thiazole rings is 1. The number of hydrogen-bond acceptors (Lipinski definition) is 3. The van der Waals surface area contributed by atoms with Crippen LogP contribution in [-0.2, 0) is 12.1 Å². The molecule has 0 amide bonds. The van der Waals surface area contributed by atoms with E-state index in [0.29, 0.717) is 10.8 Å². The minimum Gasteiger partial charge on any atom is -0.332 e. The van der Waals surface area contributed by atoms with Crippen LogP contribution in [0.5, 0.6) is 0 Å². The number of nitrogens with one attached hydrogen (secondary N) is 1. The van der Waals surface area contributed by atoms with E-state index >= 15 is 0 Å². The minimum absolute atomic E-state index is 0.0499. The fourth-order valence-electron chi connectivity index (χ4n) is 2.65. The van der Waals surface area contributed by atoms with Crippen molar-refractivity contribution in [3.63, 3.8) is 0 Å². The van der Waals surface area contributed by atoms with Gasteiger partial charge in [-0.25, -0.2) is 4.98 Å². The number of aromatic nitrogens is 1. The molecule has 0 spiro atoms. The van der Waals surface area contributed by atoms with Crippen molar-refractivity contribution in [3.8, 4) is 11.3 Å². The van der Waals surface area contributed by atoms with Crippen LogP contribution in [0.3, 0.4) is 0 Å². The van der Waals surface area contributed by atoms with Crippen LogP contribution in [0.25, 0.3) is 11.3 Å². The summed E-state index contributed by atoms with van der Waals surface area (Å²) in [5.41, 5.74) is 2.10. The maximum atomic E-state index is 13.4. The molecule has 1 unspecified atom stereocenters. The smallest absolute Gasteiger partial charge is 0.283 e. The zero-order valence-electron chi connectivity index (χ0n) is 14.0. The zero-order valence-corrected chi connectivity index (χ0v) is 16.0. The first-order chi connectivity index (χ1) is 11.9. The molecular weight excluding hydrogens is 357 g/mol. The first-order valence-corrected chi connectivity index (χ1v) is 9.42. The maximum absolute atomic E-state index is 13.4. The second-order valence-corrected chi connectivity index (χ2v) is 7.46. The summed E-state index contributed by atoms with van der Waals surface area (Å²) in [5, 5.41) is 5.79. The summed E-state index contributed by atoms with van der Waals surface area (Å²) in [5.74, 6) is 0. The van der Waals surface area contributed by atoms with Gasteiger partial charge in [-0.1, -0.05) is 52.1 Å². The highest BCUT2D eigenvalue weighted by molar-refractivity contribution is 7.17. The molecule has 0 saturated carbocycles. The molecule has 3 rings (SSSR count). The van der Waals surface area contributed by atoms with Crippen molar-refractivity contribution in [2.24, 2.45) is 0 Å². The van der Waals surface area contributed by atoms with Crippen LogP contribution in [0.2, 0.25) is 0 Å². The number of nitrogens with zero attached hydrogens (tertiary/aromatic N) is 1. The van der Waals surface area contributed by atoms with Gasteiger partial charge in [-0.2, -0.15) is 8.78 Å². The maximum Gasteiger partial charge on any atom is 0.283 e. The highest BCUT2D eigenvalue weighted by atomic mass is 32.1. The summed E-state index contributed by atoms with van der Waals surface area (Å²) >= 11 is 1.46. The quantitative estimate of drug-likeness (QED) is 0.525. The first kappa shape index (κ1) is 18.0. The number of alkyl halides is 2. The first-order valence-electron chi connectivity index (χ1n) is 7.96. The van der Waals surface area contributed by atoms with Gasteiger partial charge in [0.1, 0.15) is 0 Å². The Morgan fingerprint density at radius 1 is 1.20 bits per heavy atom. The highest BCUT2D eigenvalue weighted by Crippen LogP contribution is 2.36. The van der Waals surface area contributed by atoms with Crippen molar-refractivity contribution < 1.29 is 8.78 Å². The van der Waals surface area contributed by atoms with Gasteiger partial charge in [-0.05, 0) is 31.0 Å². The van der Waals surface area contributed by atoms with Gasteiger partial charge in [0.25, 0.3) is 5.66 Å². The lowest BCUT2D eigenvalue weighted by molar-refractivity contribution is 0.104. The van der Waals surface area contributed by atoms with Crippen LogP contribution in [0.1, 0.15) is 23.6 Å². The van der Waals surface area contributed by atoms with Crippen LogP contribution in [-0.4, -0.2) is 4.98 Å². The van der Waals surface area contributed by atoms with Crippen LogP contribution in [0, 0.1) is 6.92 Å². The van der Waals surface area contributed by atoms with Gasteiger partial charge >= 0.3 is 0 Å². The second-order valence-electron chi connectivity index (χ2n) is 5.88. The molecule has 3 aromatic rings. The number of halogens is 2. The molecule has 25 heavy (non-hydrogen) atoms. The molecule has 0 fully saturated rings. The molecule has 1 N–H and O–H groups in total. The third-order valence-corrected chi connectivity index (χ3v) is 5.01. The van der Waals surface area contributed by atoms with E-state index in [1.54, 1.807) is 21.4 Å². The van der Waals surface area contributed by atoms with Gasteiger partial charge in [0, 0.05) is 22.2 Å². The van der Waals surface area contributed by atoms with Crippen LogP contribution in [0.15, 0.2) is 47.8 Å². The van der Waals surface area contributed by atoms with Gasteiger partial charge in [0.05, 0.1) is 5.69 Å². The van der Waals surface area contributed by atoms with E-state index in [1.807, 2.05) is 5.38 Å². The minimum atomic E-state index is -2.94. The number of rotatable bonds is 5. The average Bonchev–Trinajstić information content (AvgIpc) is 3.02. The Labute approximate surface area is 152 Å². The lowest BCUT2D eigenvalue weighted by Gasteiger charge is -2.12. The predicted octanol–water partition coefficient (Wildman–Crippen LogP) is 6.35. The number of hydrogen-bond donors (Lipinski definition) is 1. The van der Waals surface area contributed by atoms with E-state index in [4.69, 9.17) is 0 Å². The largest absolute Gasteiger partial charge is 0.332 e. The van der Waals surface area contributed by atoms with Crippen LogP contribution < -0.4 is 5.32 Å². The predicted molar refractivity (Wildman–Crippen MR) is 105 cm³/mol. The van der Waals surface area contributed by atoms with Crippen molar-refractivity contribution in [2.75, 3.05) is 5.32 Å². The average molecular weight is 376 g/mol. The van der Waals surface area contributed by atoms with Crippen molar-refractivity contribution in [2.45, 2.75) is 25.9 Å². The lowest BCUT2D eigenvalue weighted by Crippen LogP contribution is -2.02. The monoisotopic (exact) mass is 376 g/mol. The molecule has 0 aliphatic rings. The van der Waals surface area contributed by atoms with Crippen molar-refractivity contribution in [1.29, 1.82) is 0 Å². The van der Waals surface area contributed by atoms with E-state index in [0.717, 1.165) is 17.7 Å². The van der Waals surface area contributed by atoms with E-state index in [9.17, 15) is 8.78 Å². The Morgan fingerprint density at radius 3 is 2.72 bits per heavy atom. The Morgan fingerprint density at radius 2 is 2.00 bits per heavy atom. The van der Waals surface area contributed by atoms with E-state index < -0.39 is 5.66 Å². The van der Waals surface area contributed by atoms with Crippen molar-refractivity contribution in [3.05, 3.63) is 64.5 Å². The van der Waals surface area contributed by atoms with E-state index in [2.05, 4.69) is 42.3 Å². The molecule has 0 aliphatic carbocycles. The topological polar surface area (TPSA) is 24.9 Å². The normalized spacial score (nSPS) is 11.6. The zero-order chi connectivity index (χ0) is 18.0. The molecule has 0 saturated heterocycles. The van der Waals surface area contributed by atoms with Gasteiger partial charge in [-0.15, -0.1) is 11.3 Å². The molecular formula is C19H19F2N2PS. The van der Waals surface area contributed by atoms with Crippen molar-refractivity contribution in [1.82, 2.24) is 4.98 Å². The summed E-state index contributed by atoms with van der Waals surface area (Å²) in [6.45, 7) is 4.20. The Bertz CT molecular complexity index is 887. The van der Waals surface area contributed by atoms with Crippen LogP contribution in [0.4, 0.5) is 19.6 Å². The second kappa shape index (κ2) is 7.19. The van der Waals surface area contributed by atoms with E-state index in [-0.39, 0.29) is 5.56 Å². The summed E-state index contributed by atoms with van der Waals surface area (Å²) in [4.78, 5) is 4.62.